The number of nitrogens with zero attached hydrogens (tertiary/aromatic N) is 2. The minimum absolute atomic E-state index is 0.0416. The van der Waals surface area contributed by atoms with Crippen molar-refractivity contribution in [1.29, 1.82) is 5.26 Å². The summed E-state index contributed by atoms with van der Waals surface area (Å²) in [4.78, 5) is 11.0. The van der Waals surface area contributed by atoms with Crippen LogP contribution in [0.4, 0.5) is 5.69 Å². The van der Waals surface area contributed by atoms with Gasteiger partial charge in [0.25, 0.3) is 5.69 Å². The van der Waals surface area contributed by atoms with E-state index in [1.54, 1.807) is 24.3 Å². The van der Waals surface area contributed by atoms with Crippen LogP contribution in [0.5, 0.6) is 11.5 Å². The molecular formula is C23H20N2O5. The Morgan fingerprint density at radius 2 is 1.70 bits per heavy atom. The first-order valence-corrected chi connectivity index (χ1v) is 9.14. The summed E-state index contributed by atoms with van der Waals surface area (Å²) in [6.45, 7) is 0. The Balaban J connectivity index is 1.86. The smallest absolute Gasteiger partial charge is 0.276 e. The summed E-state index contributed by atoms with van der Waals surface area (Å²) in [5.74, 6) is 0.615. The fourth-order valence-corrected chi connectivity index (χ4v) is 3.24. The van der Waals surface area contributed by atoms with Gasteiger partial charge in [0, 0.05) is 12.0 Å². The molecule has 1 unspecified atom stereocenters. The molecule has 30 heavy (non-hydrogen) atoms. The van der Waals surface area contributed by atoms with Gasteiger partial charge in [-0.25, -0.2) is 0 Å². The van der Waals surface area contributed by atoms with Crippen molar-refractivity contribution < 1.29 is 19.5 Å². The monoisotopic (exact) mass is 404 g/mol. The van der Waals surface area contributed by atoms with Gasteiger partial charge >= 0.3 is 0 Å². The Kier molecular flexibility index (Phi) is 6.30. The van der Waals surface area contributed by atoms with E-state index >= 15 is 0 Å². The van der Waals surface area contributed by atoms with Gasteiger partial charge in [0.2, 0.25) is 0 Å². The van der Waals surface area contributed by atoms with Gasteiger partial charge in [0.05, 0.1) is 42.9 Å². The lowest BCUT2D eigenvalue weighted by Gasteiger charge is -2.14. The van der Waals surface area contributed by atoms with E-state index in [-0.39, 0.29) is 17.9 Å². The van der Waals surface area contributed by atoms with Crippen LogP contribution in [0, 0.1) is 21.4 Å². The molecule has 0 heterocycles. The van der Waals surface area contributed by atoms with Gasteiger partial charge in [0.15, 0.2) is 11.5 Å². The van der Waals surface area contributed by atoms with Crippen LogP contribution in [0.15, 0.2) is 60.7 Å². The Morgan fingerprint density at radius 3 is 2.30 bits per heavy atom. The molecule has 0 aromatic heterocycles. The van der Waals surface area contributed by atoms with Crippen LogP contribution < -0.4 is 9.47 Å². The first-order chi connectivity index (χ1) is 14.5. The summed E-state index contributed by atoms with van der Waals surface area (Å²) < 4.78 is 10.4. The zero-order valence-electron chi connectivity index (χ0n) is 16.5. The van der Waals surface area contributed by atoms with E-state index in [1.807, 2.05) is 24.3 Å². The molecule has 0 amide bonds. The fraction of sp³-hybridized carbons (Fsp3) is 0.174. The van der Waals surface area contributed by atoms with Crippen LogP contribution in [-0.4, -0.2) is 24.2 Å². The molecule has 1 atom stereocenters. The Morgan fingerprint density at radius 1 is 1.03 bits per heavy atom. The number of benzene rings is 3. The quantitative estimate of drug-likeness (QED) is 0.461. The molecule has 0 fully saturated rings. The molecule has 0 radical (unpaired) electrons. The molecule has 0 aliphatic heterocycles. The van der Waals surface area contributed by atoms with Crippen molar-refractivity contribution in [2.45, 2.75) is 12.5 Å². The molecule has 0 saturated heterocycles. The summed E-state index contributed by atoms with van der Waals surface area (Å²) in [5, 5.41) is 31.2. The third kappa shape index (κ3) is 4.40. The van der Waals surface area contributed by atoms with E-state index in [9.17, 15) is 15.2 Å². The first-order valence-electron chi connectivity index (χ1n) is 9.14. The lowest BCUT2D eigenvalue weighted by Crippen LogP contribution is -2.05. The van der Waals surface area contributed by atoms with Crippen LogP contribution in [0.2, 0.25) is 0 Å². The predicted octanol–water partition coefficient (Wildman–Crippen LogP) is 4.43. The van der Waals surface area contributed by atoms with Crippen molar-refractivity contribution in [3.63, 3.8) is 0 Å². The largest absolute Gasteiger partial charge is 0.493 e. The third-order valence-electron chi connectivity index (χ3n) is 4.82. The Hall–Kier alpha value is -3.89. The highest BCUT2D eigenvalue weighted by atomic mass is 16.6. The van der Waals surface area contributed by atoms with Crippen molar-refractivity contribution in [3.05, 3.63) is 87.5 Å². The Labute approximate surface area is 173 Å². The average Bonchev–Trinajstić information content (AvgIpc) is 2.78. The molecule has 0 aliphatic carbocycles. The molecule has 7 heteroatoms. The zero-order valence-corrected chi connectivity index (χ0v) is 16.5. The van der Waals surface area contributed by atoms with Gasteiger partial charge in [0.1, 0.15) is 0 Å². The first kappa shape index (κ1) is 20.8. The molecule has 0 spiro atoms. The summed E-state index contributed by atoms with van der Waals surface area (Å²) in [6, 6.07) is 19.4. The van der Waals surface area contributed by atoms with Gasteiger partial charge in [-0.1, -0.05) is 36.4 Å². The molecule has 0 aliphatic rings. The highest BCUT2D eigenvalue weighted by Gasteiger charge is 2.22. The number of aliphatic hydroxyl groups is 1. The van der Waals surface area contributed by atoms with Gasteiger partial charge < -0.3 is 14.6 Å². The second kappa shape index (κ2) is 9.07. The SMILES string of the molecule is COc1cc(CC(O)c2ccc(-c3cccc(C#N)c3)cc2)c([N+](=O)[O-])cc1OC. The molecule has 0 saturated carbocycles. The van der Waals surface area contributed by atoms with E-state index < -0.39 is 11.0 Å². The topological polar surface area (TPSA) is 106 Å². The van der Waals surface area contributed by atoms with E-state index in [1.165, 1.54) is 26.4 Å². The fourth-order valence-electron chi connectivity index (χ4n) is 3.24. The molecule has 3 aromatic rings. The summed E-state index contributed by atoms with van der Waals surface area (Å²) in [6.07, 6.45) is -0.902. The lowest BCUT2D eigenvalue weighted by atomic mass is 9.97. The second-order valence-electron chi connectivity index (χ2n) is 6.63. The van der Waals surface area contributed by atoms with E-state index in [0.717, 1.165) is 11.1 Å². The lowest BCUT2D eigenvalue weighted by molar-refractivity contribution is -0.385. The summed E-state index contributed by atoms with van der Waals surface area (Å²) in [5.41, 5.74) is 3.19. The predicted molar refractivity (Wildman–Crippen MR) is 111 cm³/mol. The highest BCUT2D eigenvalue weighted by molar-refractivity contribution is 5.65. The summed E-state index contributed by atoms with van der Waals surface area (Å²) >= 11 is 0. The van der Waals surface area contributed by atoms with E-state index in [0.29, 0.717) is 22.4 Å². The number of methoxy groups -OCH3 is 2. The maximum atomic E-state index is 11.5. The molecule has 152 valence electrons. The number of hydrogen-bond acceptors (Lipinski definition) is 6. The molecule has 3 aromatic carbocycles. The minimum Gasteiger partial charge on any atom is -0.493 e. The van der Waals surface area contributed by atoms with Crippen LogP contribution in [0.3, 0.4) is 0 Å². The van der Waals surface area contributed by atoms with Crippen molar-refractivity contribution in [2.24, 2.45) is 0 Å². The molecule has 0 bridgehead atoms. The maximum absolute atomic E-state index is 11.5. The highest BCUT2D eigenvalue weighted by Crippen LogP contribution is 2.36. The van der Waals surface area contributed by atoms with Crippen LogP contribution in [0.25, 0.3) is 11.1 Å². The van der Waals surface area contributed by atoms with Gasteiger partial charge in [-0.05, 0) is 34.9 Å². The number of nitriles is 1. The average molecular weight is 404 g/mol. The molecule has 1 N–H and O–H groups in total. The van der Waals surface area contributed by atoms with Crippen molar-refractivity contribution in [2.75, 3.05) is 14.2 Å². The van der Waals surface area contributed by atoms with E-state index in [4.69, 9.17) is 14.7 Å². The van der Waals surface area contributed by atoms with Crippen molar-refractivity contribution in [3.8, 4) is 28.7 Å². The zero-order chi connectivity index (χ0) is 21.7. The molecular weight excluding hydrogens is 384 g/mol. The van der Waals surface area contributed by atoms with Crippen LogP contribution in [-0.2, 0) is 6.42 Å². The van der Waals surface area contributed by atoms with Gasteiger partial charge in [-0.15, -0.1) is 0 Å². The van der Waals surface area contributed by atoms with Gasteiger partial charge in [-0.2, -0.15) is 5.26 Å². The number of rotatable bonds is 7. The third-order valence-corrected chi connectivity index (χ3v) is 4.82. The second-order valence-corrected chi connectivity index (χ2v) is 6.63. The van der Waals surface area contributed by atoms with Crippen molar-refractivity contribution in [1.82, 2.24) is 0 Å². The van der Waals surface area contributed by atoms with Crippen LogP contribution >= 0.6 is 0 Å². The summed E-state index contributed by atoms with van der Waals surface area (Å²) in [7, 11) is 2.86. The van der Waals surface area contributed by atoms with E-state index in [2.05, 4.69) is 6.07 Å². The number of aliphatic hydroxyl groups excluding tert-OH is 1. The standard InChI is InChI=1S/C23H20N2O5/c1-29-22-12-19(20(25(27)28)13-23(22)30-2)11-21(26)17-8-6-16(7-9-17)18-5-3-4-15(10-18)14-24/h3-10,12-13,21,26H,11H2,1-2H3. The Bertz CT molecular complexity index is 1100. The van der Waals surface area contributed by atoms with Gasteiger partial charge in [-0.3, -0.25) is 10.1 Å². The van der Waals surface area contributed by atoms with Crippen molar-refractivity contribution >= 4 is 5.69 Å². The number of nitro benzene ring substituents is 1. The number of ether oxygens (including phenoxy) is 2. The maximum Gasteiger partial charge on any atom is 0.276 e. The normalized spacial score (nSPS) is 11.4. The molecule has 3 rings (SSSR count). The number of nitro groups is 1. The molecule has 7 nitrogen and oxygen atoms in total. The number of hydrogen-bond donors (Lipinski definition) is 1. The van der Waals surface area contributed by atoms with Crippen LogP contribution in [0.1, 0.15) is 22.8 Å². The minimum atomic E-state index is -0.943.